The van der Waals surface area contributed by atoms with Gasteiger partial charge in [-0.15, -0.1) is 12.3 Å². The molecule has 0 bridgehead atoms. The number of benzene rings is 4. The maximum absolute atomic E-state index is 6.18. The van der Waals surface area contributed by atoms with Crippen LogP contribution >= 0.6 is 0 Å². The summed E-state index contributed by atoms with van der Waals surface area (Å²) in [7, 11) is 1.50. The molecule has 2 aromatic heterocycles. The number of anilines is 1. The predicted octanol–water partition coefficient (Wildman–Crippen LogP) is 11.0. The molecule has 270 valence electrons. The third-order valence-corrected chi connectivity index (χ3v) is 7.56. The molecule has 0 unspecified atom stereocenters. The maximum Gasteiger partial charge on any atom is 0.165 e. The van der Waals surface area contributed by atoms with Gasteiger partial charge in [-0.2, -0.15) is 0 Å². The molecular formula is C45H54N6O. The largest absolute Gasteiger partial charge is 0.457 e. The number of fused-ring (bicyclic) bond motifs is 1. The van der Waals surface area contributed by atoms with Crippen LogP contribution < -0.4 is 16.2 Å². The Kier molecular flexibility index (Phi) is 19.2. The number of nitrogens with two attached hydrogens (primary N) is 2. The Morgan fingerprint density at radius 2 is 1.42 bits per heavy atom. The van der Waals surface area contributed by atoms with Crippen LogP contribution in [0.2, 0.25) is 0 Å². The summed E-state index contributed by atoms with van der Waals surface area (Å²) in [6, 6.07) is 34.7. The smallest absolute Gasteiger partial charge is 0.165 e. The molecular weight excluding hydrogens is 641 g/mol. The van der Waals surface area contributed by atoms with E-state index in [4.69, 9.17) is 10.5 Å². The third-order valence-electron chi connectivity index (χ3n) is 7.56. The summed E-state index contributed by atoms with van der Waals surface area (Å²) in [5, 5.41) is 0.778. The van der Waals surface area contributed by atoms with Crippen molar-refractivity contribution in [2.45, 2.75) is 67.7 Å². The molecule has 0 saturated heterocycles. The highest BCUT2D eigenvalue weighted by Crippen LogP contribution is 2.36. The number of hydrogen-bond acceptors (Lipinski definition) is 7. The number of ether oxygens (including phenoxy) is 1. The number of nitrogens with zero attached hydrogens (tertiary/aromatic N) is 4. The summed E-state index contributed by atoms with van der Waals surface area (Å²) in [5.41, 5.74) is 19.8. The quantitative estimate of drug-likeness (QED) is 0.127. The van der Waals surface area contributed by atoms with Gasteiger partial charge >= 0.3 is 0 Å². The van der Waals surface area contributed by atoms with Gasteiger partial charge in [-0.1, -0.05) is 111 Å². The number of rotatable bonds is 7. The van der Waals surface area contributed by atoms with Crippen LogP contribution in [0.4, 0.5) is 11.5 Å². The van der Waals surface area contributed by atoms with Crippen molar-refractivity contribution in [3.05, 3.63) is 137 Å². The molecule has 0 aliphatic heterocycles. The highest BCUT2D eigenvalue weighted by molar-refractivity contribution is 5.99. The second-order valence-electron chi connectivity index (χ2n) is 11.6. The molecule has 7 nitrogen and oxygen atoms in total. The van der Waals surface area contributed by atoms with Gasteiger partial charge in [0.15, 0.2) is 5.65 Å². The first-order chi connectivity index (χ1) is 25.3. The molecule has 7 heteroatoms. The second kappa shape index (κ2) is 23.5. The van der Waals surface area contributed by atoms with Crippen molar-refractivity contribution in [1.29, 1.82) is 0 Å². The standard InChI is InChI=1S/C30H27N5O.C7H8.C4H10.C3H4.CH5N/c1-4-32-28-20(3)26(36-24-8-6-5-7-9-24)15-14-23(28)17-21-10-12-22(13-11-21)25-16-19(2)35-30-27(25)29(31)33-18-34-30;1-7-5-3-2-4-6-7;1-3-4-2;1-3-2;1-2/h4-16,18H,17H2,1-3H3,(H2,31,33,34,35);2-6H,1H3;3-4H2,1-2H3;1H,2H3;2H2,1H3. The minimum absolute atomic E-state index is 0.432. The number of aliphatic imine (C=N–C) groups is 1. The number of aromatic nitrogens is 3. The lowest BCUT2D eigenvalue weighted by Gasteiger charge is -2.15. The van der Waals surface area contributed by atoms with Gasteiger partial charge in [-0.05, 0) is 94.6 Å². The van der Waals surface area contributed by atoms with E-state index < -0.39 is 0 Å². The van der Waals surface area contributed by atoms with Gasteiger partial charge in [-0.3, -0.25) is 4.99 Å². The van der Waals surface area contributed by atoms with Crippen LogP contribution in [-0.2, 0) is 6.42 Å². The van der Waals surface area contributed by atoms with Crippen molar-refractivity contribution in [3.63, 3.8) is 0 Å². The van der Waals surface area contributed by atoms with Crippen molar-refractivity contribution >= 4 is 28.8 Å². The van der Waals surface area contributed by atoms with Gasteiger partial charge < -0.3 is 16.2 Å². The fraction of sp³-hybridized carbons (Fsp3) is 0.244. The van der Waals surface area contributed by atoms with E-state index in [0.29, 0.717) is 11.5 Å². The Balaban J connectivity index is 0.000000491. The average Bonchev–Trinajstić information content (AvgIpc) is 3.16. The zero-order valence-electron chi connectivity index (χ0n) is 32.0. The Bertz CT molecular complexity index is 1980. The topological polar surface area (TPSA) is 112 Å². The number of terminal acetylenes is 1. The lowest BCUT2D eigenvalue weighted by atomic mass is 9.96. The fourth-order valence-electron chi connectivity index (χ4n) is 4.91. The molecule has 0 spiro atoms. The summed E-state index contributed by atoms with van der Waals surface area (Å²) in [5.74, 6) is 4.29. The summed E-state index contributed by atoms with van der Waals surface area (Å²) < 4.78 is 6.12. The van der Waals surface area contributed by atoms with Crippen molar-refractivity contribution in [2.75, 3.05) is 12.8 Å². The van der Waals surface area contributed by atoms with E-state index in [2.05, 4.69) is 108 Å². The number of unbranched alkanes of at least 4 members (excludes halogenated alkanes) is 1. The predicted molar refractivity (Wildman–Crippen MR) is 223 cm³/mol. The van der Waals surface area contributed by atoms with Crippen LogP contribution in [0.25, 0.3) is 22.2 Å². The normalized spacial score (nSPS) is 9.85. The van der Waals surface area contributed by atoms with Gasteiger partial charge in [0.25, 0.3) is 0 Å². The number of para-hydroxylation sites is 1. The number of hydrogen-bond donors (Lipinski definition) is 2. The van der Waals surface area contributed by atoms with Crippen molar-refractivity contribution in [1.82, 2.24) is 15.0 Å². The van der Waals surface area contributed by atoms with Gasteiger partial charge in [0.05, 0.1) is 11.1 Å². The van der Waals surface area contributed by atoms with E-state index in [1.807, 2.05) is 80.7 Å². The lowest BCUT2D eigenvalue weighted by molar-refractivity contribution is 0.479. The first-order valence-electron chi connectivity index (χ1n) is 17.5. The third kappa shape index (κ3) is 13.1. The fourth-order valence-corrected chi connectivity index (χ4v) is 4.91. The van der Waals surface area contributed by atoms with Crippen LogP contribution in [0.15, 0.2) is 114 Å². The van der Waals surface area contributed by atoms with Crippen LogP contribution in [-0.4, -0.2) is 28.2 Å². The SMILES string of the molecule is C#CC.CC=Nc1c(Cc2ccc(-c3cc(C)nc4ncnc(N)c34)cc2)ccc(Oc2ccccc2)c1C.CCCC.CN.Cc1ccccc1. The molecule has 0 aliphatic carbocycles. The molecule has 0 aliphatic rings. The van der Waals surface area contributed by atoms with Gasteiger partial charge in [0.2, 0.25) is 0 Å². The number of aryl methyl sites for hydroxylation is 2. The van der Waals surface area contributed by atoms with E-state index in [9.17, 15) is 0 Å². The van der Waals surface area contributed by atoms with E-state index in [0.717, 1.165) is 56.9 Å². The Hall–Kier alpha value is -5.84. The molecule has 0 fully saturated rings. The van der Waals surface area contributed by atoms with E-state index >= 15 is 0 Å². The molecule has 2 heterocycles. The summed E-state index contributed by atoms with van der Waals surface area (Å²) >= 11 is 0. The van der Waals surface area contributed by atoms with Crippen LogP contribution in [0.1, 0.15) is 68.5 Å². The molecule has 0 radical (unpaired) electrons. The highest BCUT2D eigenvalue weighted by Gasteiger charge is 2.14. The molecule has 4 aromatic carbocycles. The molecule has 0 atom stereocenters. The lowest BCUT2D eigenvalue weighted by Crippen LogP contribution is -1.98. The van der Waals surface area contributed by atoms with Crippen molar-refractivity contribution < 1.29 is 4.74 Å². The van der Waals surface area contributed by atoms with E-state index in [1.165, 1.54) is 37.3 Å². The summed E-state index contributed by atoms with van der Waals surface area (Å²) in [6.45, 7) is 14.0. The highest BCUT2D eigenvalue weighted by atomic mass is 16.5. The van der Waals surface area contributed by atoms with E-state index in [1.54, 1.807) is 6.92 Å². The molecule has 0 amide bonds. The average molecular weight is 695 g/mol. The molecule has 0 saturated carbocycles. The first-order valence-corrected chi connectivity index (χ1v) is 17.5. The molecule has 52 heavy (non-hydrogen) atoms. The molecule has 6 rings (SSSR count). The monoisotopic (exact) mass is 694 g/mol. The van der Waals surface area contributed by atoms with Crippen LogP contribution in [0.3, 0.4) is 0 Å². The molecule has 6 aromatic rings. The Morgan fingerprint density at radius 1 is 0.827 bits per heavy atom. The van der Waals surface area contributed by atoms with E-state index in [-0.39, 0.29) is 0 Å². The van der Waals surface area contributed by atoms with Crippen LogP contribution in [0, 0.1) is 33.1 Å². The first kappa shape index (κ1) is 42.3. The van der Waals surface area contributed by atoms with Crippen LogP contribution in [0.5, 0.6) is 11.5 Å². The van der Waals surface area contributed by atoms with Crippen molar-refractivity contribution in [3.8, 4) is 35.0 Å². The number of pyridine rings is 1. The van der Waals surface area contributed by atoms with Crippen molar-refractivity contribution in [2.24, 2.45) is 10.7 Å². The minimum atomic E-state index is 0.432. The summed E-state index contributed by atoms with van der Waals surface area (Å²) in [6.07, 6.45) is 11.3. The number of nitrogen functional groups attached to an aromatic ring is 1. The van der Waals surface area contributed by atoms with Gasteiger partial charge in [0.1, 0.15) is 23.6 Å². The Labute approximate surface area is 311 Å². The zero-order chi connectivity index (χ0) is 38.3. The molecule has 4 N–H and O–H groups in total. The maximum atomic E-state index is 6.18. The van der Waals surface area contributed by atoms with Gasteiger partial charge in [0, 0.05) is 17.5 Å². The Morgan fingerprint density at radius 3 is 1.96 bits per heavy atom. The minimum Gasteiger partial charge on any atom is -0.457 e. The summed E-state index contributed by atoms with van der Waals surface area (Å²) in [4.78, 5) is 17.7. The second-order valence-corrected chi connectivity index (χ2v) is 11.6. The van der Waals surface area contributed by atoms with Gasteiger partial charge in [-0.25, -0.2) is 15.0 Å². The zero-order valence-corrected chi connectivity index (χ0v) is 32.0.